The van der Waals surface area contributed by atoms with Gasteiger partial charge in [0.25, 0.3) is 0 Å². The van der Waals surface area contributed by atoms with Gasteiger partial charge >= 0.3 is 0 Å². The molecule has 0 aromatic heterocycles. The summed E-state index contributed by atoms with van der Waals surface area (Å²) in [5, 5.41) is 8.90. The van der Waals surface area contributed by atoms with Crippen molar-refractivity contribution in [3.8, 4) is 6.07 Å². The van der Waals surface area contributed by atoms with E-state index in [0.717, 1.165) is 0 Å². The maximum Gasteiger partial charge on any atom is 0.236 e. The van der Waals surface area contributed by atoms with E-state index in [-0.39, 0.29) is 23.2 Å². The van der Waals surface area contributed by atoms with Gasteiger partial charge in [-0.2, -0.15) is 5.26 Å². The van der Waals surface area contributed by atoms with Crippen LogP contribution in [0.2, 0.25) is 0 Å². The number of anilines is 1. The predicted octanol–water partition coefficient (Wildman–Crippen LogP) is 3.14. The van der Waals surface area contributed by atoms with Gasteiger partial charge in [-0.1, -0.05) is 36.4 Å². The molecule has 0 heterocycles. The summed E-state index contributed by atoms with van der Waals surface area (Å²) >= 11 is 1.29. The first-order chi connectivity index (χ1) is 11.1. The summed E-state index contributed by atoms with van der Waals surface area (Å²) < 4.78 is 0. The summed E-state index contributed by atoms with van der Waals surface area (Å²) in [5.41, 5.74) is 1.83. The van der Waals surface area contributed by atoms with Crippen molar-refractivity contribution in [3.63, 3.8) is 0 Å². The quantitative estimate of drug-likeness (QED) is 0.766. The summed E-state index contributed by atoms with van der Waals surface area (Å²) in [6, 6.07) is 18.0. The molecular weight excluding hydrogens is 308 g/mol. The number of rotatable bonds is 6. The van der Waals surface area contributed by atoms with Crippen molar-refractivity contribution in [2.24, 2.45) is 0 Å². The van der Waals surface area contributed by atoms with E-state index in [1.54, 1.807) is 43.4 Å². The Kier molecular flexibility index (Phi) is 5.95. The molecule has 0 saturated carbocycles. The van der Waals surface area contributed by atoms with Crippen LogP contribution in [0.1, 0.15) is 15.9 Å². The minimum Gasteiger partial charge on any atom is -0.315 e. The van der Waals surface area contributed by atoms with Gasteiger partial charge in [-0.25, -0.2) is 0 Å². The summed E-state index contributed by atoms with van der Waals surface area (Å²) in [6.07, 6.45) is 0. The van der Waals surface area contributed by atoms with Crippen LogP contribution in [0, 0.1) is 11.3 Å². The maximum atomic E-state index is 12.2. The summed E-state index contributed by atoms with van der Waals surface area (Å²) in [7, 11) is 1.67. The van der Waals surface area contributed by atoms with Crippen LogP contribution in [-0.2, 0) is 4.79 Å². The molecule has 0 N–H and O–H groups in total. The minimum absolute atomic E-state index is 0.0116. The second kappa shape index (κ2) is 8.16. The molecule has 0 atom stereocenters. The van der Waals surface area contributed by atoms with Gasteiger partial charge in [-0.3, -0.25) is 9.59 Å². The lowest BCUT2D eigenvalue weighted by molar-refractivity contribution is -0.115. The van der Waals surface area contributed by atoms with Crippen molar-refractivity contribution in [2.75, 3.05) is 23.5 Å². The first kappa shape index (κ1) is 16.8. The van der Waals surface area contributed by atoms with Crippen molar-refractivity contribution < 1.29 is 9.59 Å². The van der Waals surface area contributed by atoms with Crippen LogP contribution in [0.4, 0.5) is 5.69 Å². The lowest BCUT2D eigenvalue weighted by Crippen LogP contribution is -2.28. The number of ketones is 1. The SMILES string of the molecule is CN(C(=O)CSCC(=O)c1ccccc1)c1cccc(C#N)c1. The molecule has 0 aliphatic rings. The van der Waals surface area contributed by atoms with Crippen LogP contribution in [-0.4, -0.2) is 30.2 Å². The minimum atomic E-state index is -0.106. The van der Waals surface area contributed by atoms with Crippen LogP contribution < -0.4 is 4.90 Å². The van der Waals surface area contributed by atoms with E-state index in [1.807, 2.05) is 24.3 Å². The molecule has 5 heteroatoms. The smallest absolute Gasteiger partial charge is 0.236 e. The molecule has 23 heavy (non-hydrogen) atoms. The highest BCUT2D eigenvalue weighted by Crippen LogP contribution is 2.16. The number of Topliss-reactive ketones (excluding diaryl/α,β-unsaturated/α-hetero) is 1. The first-order valence-electron chi connectivity index (χ1n) is 7.04. The molecule has 116 valence electrons. The lowest BCUT2D eigenvalue weighted by Gasteiger charge is -2.17. The molecule has 0 bridgehead atoms. The van der Waals surface area contributed by atoms with E-state index in [4.69, 9.17) is 5.26 Å². The standard InChI is InChI=1S/C18H16N2O2S/c1-20(16-9-5-6-14(10-16)11-19)18(22)13-23-12-17(21)15-7-3-2-4-8-15/h2-10H,12-13H2,1H3. The third-order valence-corrected chi connectivity index (χ3v) is 4.21. The summed E-state index contributed by atoms with van der Waals surface area (Å²) in [6.45, 7) is 0. The number of hydrogen-bond donors (Lipinski definition) is 0. The van der Waals surface area contributed by atoms with E-state index in [1.165, 1.54) is 16.7 Å². The van der Waals surface area contributed by atoms with Crippen molar-refractivity contribution >= 4 is 29.1 Å². The van der Waals surface area contributed by atoms with E-state index >= 15 is 0 Å². The molecule has 0 spiro atoms. The highest BCUT2D eigenvalue weighted by molar-refractivity contribution is 8.00. The summed E-state index contributed by atoms with van der Waals surface area (Å²) in [5.74, 6) is 0.386. The second-order valence-electron chi connectivity index (χ2n) is 4.90. The molecule has 0 radical (unpaired) electrons. The second-order valence-corrected chi connectivity index (χ2v) is 5.88. The summed E-state index contributed by atoms with van der Waals surface area (Å²) in [4.78, 5) is 25.6. The number of amides is 1. The molecule has 1 amide bonds. The van der Waals surface area contributed by atoms with Gasteiger partial charge in [0.1, 0.15) is 0 Å². The maximum absolute atomic E-state index is 12.2. The fourth-order valence-electron chi connectivity index (χ4n) is 1.96. The Hall–Kier alpha value is -2.58. The Morgan fingerprint density at radius 3 is 2.52 bits per heavy atom. The Bertz CT molecular complexity index is 738. The Morgan fingerprint density at radius 1 is 1.09 bits per heavy atom. The zero-order chi connectivity index (χ0) is 16.7. The number of thioether (sulfide) groups is 1. The monoisotopic (exact) mass is 324 g/mol. The lowest BCUT2D eigenvalue weighted by atomic mass is 10.2. The van der Waals surface area contributed by atoms with Crippen LogP contribution >= 0.6 is 11.8 Å². The highest BCUT2D eigenvalue weighted by atomic mass is 32.2. The Morgan fingerprint density at radius 2 is 1.83 bits per heavy atom. The molecule has 2 aromatic carbocycles. The number of nitriles is 1. The molecular formula is C18H16N2O2S. The van der Waals surface area contributed by atoms with Crippen molar-refractivity contribution in [1.82, 2.24) is 0 Å². The van der Waals surface area contributed by atoms with Crippen LogP contribution in [0.25, 0.3) is 0 Å². The highest BCUT2D eigenvalue weighted by Gasteiger charge is 2.13. The molecule has 0 saturated heterocycles. The van der Waals surface area contributed by atoms with Gasteiger partial charge in [-0.05, 0) is 18.2 Å². The molecule has 0 unspecified atom stereocenters. The first-order valence-corrected chi connectivity index (χ1v) is 8.20. The topological polar surface area (TPSA) is 61.2 Å². The third kappa shape index (κ3) is 4.70. The number of carbonyl (C=O) groups excluding carboxylic acids is 2. The van der Waals surface area contributed by atoms with Gasteiger partial charge in [0, 0.05) is 18.3 Å². The average molecular weight is 324 g/mol. The predicted molar refractivity (Wildman–Crippen MR) is 92.7 cm³/mol. The zero-order valence-corrected chi connectivity index (χ0v) is 13.5. The fraction of sp³-hybridized carbons (Fsp3) is 0.167. The van der Waals surface area contributed by atoms with Crippen LogP contribution in [0.3, 0.4) is 0 Å². The number of benzene rings is 2. The van der Waals surface area contributed by atoms with Gasteiger partial charge in [0.2, 0.25) is 5.91 Å². The molecule has 0 fully saturated rings. The normalized spacial score (nSPS) is 9.91. The molecule has 4 nitrogen and oxygen atoms in total. The molecule has 2 aromatic rings. The Balaban J connectivity index is 1.87. The third-order valence-electron chi connectivity index (χ3n) is 3.29. The van der Waals surface area contributed by atoms with E-state index in [0.29, 0.717) is 16.8 Å². The average Bonchev–Trinajstić information content (AvgIpc) is 2.61. The van der Waals surface area contributed by atoms with Crippen molar-refractivity contribution in [2.45, 2.75) is 0 Å². The largest absolute Gasteiger partial charge is 0.315 e. The number of nitrogens with zero attached hydrogens (tertiary/aromatic N) is 2. The van der Waals surface area contributed by atoms with Crippen molar-refractivity contribution in [1.29, 1.82) is 5.26 Å². The number of carbonyl (C=O) groups is 2. The van der Waals surface area contributed by atoms with E-state index in [2.05, 4.69) is 0 Å². The van der Waals surface area contributed by atoms with Gasteiger partial charge in [0.15, 0.2) is 5.78 Å². The number of hydrogen-bond acceptors (Lipinski definition) is 4. The molecule has 0 aliphatic carbocycles. The van der Waals surface area contributed by atoms with Crippen LogP contribution in [0.5, 0.6) is 0 Å². The van der Waals surface area contributed by atoms with Crippen LogP contribution in [0.15, 0.2) is 54.6 Å². The van der Waals surface area contributed by atoms with E-state index < -0.39 is 0 Å². The van der Waals surface area contributed by atoms with Crippen molar-refractivity contribution in [3.05, 3.63) is 65.7 Å². The zero-order valence-electron chi connectivity index (χ0n) is 12.7. The Labute approximate surface area is 139 Å². The fourth-order valence-corrected chi connectivity index (χ4v) is 2.79. The molecule has 2 rings (SSSR count). The molecule has 0 aliphatic heterocycles. The van der Waals surface area contributed by atoms with Gasteiger partial charge < -0.3 is 4.90 Å². The van der Waals surface area contributed by atoms with Gasteiger partial charge in [-0.15, -0.1) is 11.8 Å². The van der Waals surface area contributed by atoms with E-state index in [9.17, 15) is 9.59 Å². The van der Waals surface area contributed by atoms with Gasteiger partial charge in [0.05, 0.1) is 23.1 Å².